The van der Waals surface area contributed by atoms with Crippen LogP contribution < -0.4 is 10.6 Å². The SMILES string of the molecule is O=C(CC1CC2CCC1C2)NC1CCNC1. The first kappa shape index (κ1) is 10.6. The maximum absolute atomic E-state index is 11.9. The van der Waals surface area contributed by atoms with Gasteiger partial charge in [0.1, 0.15) is 0 Å². The van der Waals surface area contributed by atoms with Crippen molar-refractivity contribution in [2.24, 2.45) is 17.8 Å². The van der Waals surface area contributed by atoms with Crippen molar-refractivity contribution in [2.45, 2.75) is 44.6 Å². The summed E-state index contributed by atoms with van der Waals surface area (Å²) in [6.45, 7) is 2.02. The summed E-state index contributed by atoms with van der Waals surface area (Å²) in [5.74, 6) is 2.83. The van der Waals surface area contributed by atoms with E-state index in [9.17, 15) is 4.79 Å². The van der Waals surface area contributed by atoms with E-state index in [0.29, 0.717) is 17.9 Å². The van der Waals surface area contributed by atoms with E-state index >= 15 is 0 Å². The number of hydrogen-bond acceptors (Lipinski definition) is 2. The number of fused-ring (bicyclic) bond motifs is 2. The van der Waals surface area contributed by atoms with Crippen LogP contribution >= 0.6 is 0 Å². The molecule has 2 saturated carbocycles. The monoisotopic (exact) mass is 222 g/mol. The van der Waals surface area contributed by atoms with Crippen LogP contribution in [-0.4, -0.2) is 25.0 Å². The molecule has 0 aromatic heterocycles. The smallest absolute Gasteiger partial charge is 0.220 e. The van der Waals surface area contributed by atoms with E-state index in [4.69, 9.17) is 0 Å². The summed E-state index contributed by atoms with van der Waals surface area (Å²) in [6.07, 6.45) is 7.42. The summed E-state index contributed by atoms with van der Waals surface area (Å²) in [5.41, 5.74) is 0. The lowest BCUT2D eigenvalue weighted by atomic mass is 9.86. The first-order valence-electron chi connectivity index (χ1n) is 6.81. The van der Waals surface area contributed by atoms with Crippen LogP contribution in [0, 0.1) is 17.8 Å². The quantitative estimate of drug-likeness (QED) is 0.755. The Kier molecular flexibility index (Phi) is 2.88. The average molecular weight is 222 g/mol. The summed E-state index contributed by atoms with van der Waals surface area (Å²) >= 11 is 0. The maximum Gasteiger partial charge on any atom is 0.220 e. The van der Waals surface area contributed by atoms with E-state index in [1.807, 2.05) is 0 Å². The van der Waals surface area contributed by atoms with Gasteiger partial charge in [-0.1, -0.05) is 6.42 Å². The van der Waals surface area contributed by atoms with Crippen LogP contribution in [-0.2, 0) is 4.79 Å². The highest BCUT2D eigenvalue weighted by atomic mass is 16.1. The molecule has 2 aliphatic carbocycles. The standard InChI is InChI=1S/C13H22N2O/c16-13(15-12-3-4-14-8-12)7-11-6-9-1-2-10(11)5-9/h9-12,14H,1-8H2,(H,15,16). The molecule has 1 heterocycles. The lowest BCUT2D eigenvalue weighted by Crippen LogP contribution is -2.37. The Balaban J connectivity index is 1.45. The molecule has 16 heavy (non-hydrogen) atoms. The van der Waals surface area contributed by atoms with Crippen molar-refractivity contribution < 1.29 is 4.79 Å². The Bertz CT molecular complexity index is 273. The highest BCUT2D eigenvalue weighted by Crippen LogP contribution is 2.49. The number of nitrogens with one attached hydrogen (secondary N) is 2. The Morgan fingerprint density at radius 1 is 1.25 bits per heavy atom. The molecule has 0 aromatic carbocycles. The third-order valence-electron chi connectivity index (χ3n) is 4.76. The van der Waals surface area contributed by atoms with E-state index in [0.717, 1.165) is 37.8 Å². The lowest BCUT2D eigenvalue weighted by Gasteiger charge is -2.21. The van der Waals surface area contributed by atoms with Crippen molar-refractivity contribution in [3.8, 4) is 0 Å². The Morgan fingerprint density at radius 3 is 2.81 bits per heavy atom. The van der Waals surface area contributed by atoms with Gasteiger partial charge in [-0.05, 0) is 50.0 Å². The van der Waals surface area contributed by atoms with Crippen molar-refractivity contribution in [1.82, 2.24) is 10.6 Å². The average Bonchev–Trinajstić information content (AvgIpc) is 2.92. The molecule has 3 aliphatic rings. The zero-order valence-electron chi connectivity index (χ0n) is 9.87. The molecule has 1 saturated heterocycles. The predicted molar refractivity (Wildman–Crippen MR) is 63.0 cm³/mol. The van der Waals surface area contributed by atoms with Crippen LogP contribution in [0.2, 0.25) is 0 Å². The van der Waals surface area contributed by atoms with Crippen molar-refractivity contribution in [2.75, 3.05) is 13.1 Å². The molecule has 1 amide bonds. The van der Waals surface area contributed by atoms with Gasteiger partial charge in [0.15, 0.2) is 0 Å². The van der Waals surface area contributed by atoms with Gasteiger partial charge in [0.05, 0.1) is 0 Å². The molecule has 2 bridgehead atoms. The fourth-order valence-corrected chi connectivity index (χ4v) is 3.93. The fourth-order valence-electron chi connectivity index (χ4n) is 3.93. The molecule has 90 valence electrons. The van der Waals surface area contributed by atoms with E-state index in [-0.39, 0.29) is 0 Å². The zero-order chi connectivity index (χ0) is 11.0. The molecule has 3 rings (SSSR count). The second kappa shape index (κ2) is 4.36. The molecule has 3 fully saturated rings. The normalized spacial score (nSPS) is 41.5. The highest BCUT2D eigenvalue weighted by molar-refractivity contribution is 5.76. The van der Waals surface area contributed by atoms with Crippen LogP contribution in [0.3, 0.4) is 0 Å². The van der Waals surface area contributed by atoms with Gasteiger partial charge in [0, 0.05) is 19.0 Å². The van der Waals surface area contributed by atoms with Gasteiger partial charge in [0.25, 0.3) is 0 Å². The minimum atomic E-state index is 0.297. The van der Waals surface area contributed by atoms with Gasteiger partial charge in [-0.2, -0.15) is 0 Å². The minimum absolute atomic E-state index is 0.297. The molecular weight excluding hydrogens is 200 g/mol. The largest absolute Gasteiger partial charge is 0.352 e. The van der Waals surface area contributed by atoms with E-state index in [1.54, 1.807) is 0 Å². The molecule has 1 aliphatic heterocycles. The topological polar surface area (TPSA) is 41.1 Å². The molecule has 3 heteroatoms. The summed E-state index contributed by atoms with van der Waals surface area (Å²) in [4.78, 5) is 11.9. The van der Waals surface area contributed by atoms with Crippen molar-refractivity contribution >= 4 is 5.91 Å². The number of carbonyl (C=O) groups excluding carboxylic acids is 1. The molecule has 0 radical (unpaired) electrons. The van der Waals surface area contributed by atoms with Gasteiger partial charge in [-0.3, -0.25) is 4.79 Å². The van der Waals surface area contributed by atoms with Crippen molar-refractivity contribution in [3.05, 3.63) is 0 Å². The molecule has 4 atom stereocenters. The number of rotatable bonds is 3. The Hall–Kier alpha value is -0.570. The fraction of sp³-hybridized carbons (Fsp3) is 0.923. The lowest BCUT2D eigenvalue weighted by molar-refractivity contribution is -0.123. The second-order valence-corrected chi connectivity index (χ2v) is 5.90. The first-order valence-corrected chi connectivity index (χ1v) is 6.81. The molecule has 4 unspecified atom stereocenters. The Labute approximate surface area is 97.4 Å². The molecule has 2 N–H and O–H groups in total. The maximum atomic E-state index is 11.9. The summed E-state index contributed by atoms with van der Waals surface area (Å²) < 4.78 is 0. The zero-order valence-corrected chi connectivity index (χ0v) is 9.87. The van der Waals surface area contributed by atoms with Crippen LogP contribution in [0.25, 0.3) is 0 Å². The van der Waals surface area contributed by atoms with Gasteiger partial charge in [-0.15, -0.1) is 0 Å². The van der Waals surface area contributed by atoms with E-state index < -0.39 is 0 Å². The molecule has 0 spiro atoms. The minimum Gasteiger partial charge on any atom is -0.352 e. The van der Waals surface area contributed by atoms with Gasteiger partial charge in [-0.25, -0.2) is 0 Å². The van der Waals surface area contributed by atoms with Crippen LogP contribution in [0.15, 0.2) is 0 Å². The van der Waals surface area contributed by atoms with E-state index in [2.05, 4.69) is 10.6 Å². The van der Waals surface area contributed by atoms with Crippen molar-refractivity contribution in [1.29, 1.82) is 0 Å². The van der Waals surface area contributed by atoms with Crippen LogP contribution in [0.5, 0.6) is 0 Å². The van der Waals surface area contributed by atoms with Crippen LogP contribution in [0.4, 0.5) is 0 Å². The van der Waals surface area contributed by atoms with Gasteiger partial charge in [0.2, 0.25) is 5.91 Å². The third kappa shape index (κ3) is 2.10. The number of amides is 1. The highest BCUT2D eigenvalue weighted by Gasteiger charge is 2.40. The molecule has 0 aromatic rings. The predicted octanol–water partition coefficient (Wildman–Crippen LogP) is 1.29. The molecular formula is C13H22N2O. The van der Waals surface area contributed by atoms with Gasteiger partial charge >= 0.3 is 0 Å². The molecule has 3 nitrogen and oxygen atoms in total. The van der Waals surface area contributed by atoms with Crippen molar-refractivity contribution in [3.63, 3.8) is 0 Å². The second-order valence-electron chi connectivity index (χ2n) is 5.90. The summed E-state index contributed by atoms with van der Waals surface area (Å²) in [7, 11) is 0. The van der Waals surface area contributed by atoms with Crippen LogP contribution in [0.1, 0.15) is 38.5 Å². The first-order chi connectivity index (χ1) is 7.81. The van der Waals surface area contributed by atoms with E-state index in [1.165, 1.54) is 25.7 Å². The third-order valence-corrected chi connectivity index (χ3v) is 4.76. The summed E-state index contributed by atoms with van der Waals surface area (Å²) in [5, 5.41) is 6.45. The Morgan fingerprint density at radius 2 is 2.19 bits per heavy atom. The van der Waals surface area contributed by atoms with Gasteiger partial charge < -0.3 is 10.6 Å². The summed E-state index contributed by atoms with van der Waals surface area (Å²) in [6, 6.07) is 0.395. The number of carbonyl (C=O) groups is 1. The number of hydrogen-bond donors (Lipinski definition) is 2.